The van der Waals surface area contributed by atoms with Gasteiger partial charge in [0.25, 0.3) is 11.8 Å². The highest BCUT2D eigenvalue weighted by molar-refractivity contribution is 6.30. The van der Waals surface area contributed by atoms with Gasteiger partial charge in [0.15, 0.2) is 13.2 Å². The number of esters is 1. The minimum absolute atomic E-state index is 0.238. The van der Waals surface area contributed by atoms with E-state index in [9.17, 15) is 14.4 Å². The fourth-order valence-corrected chi connectivity index (χ4v) is 2.38. The molecule has 148 valence electrons. The van der Waals surface area contributed by atoms with Gasteiger partial charge in [0.2, 0.25) is 0 Å². The summed E-state index contributed by atoms with van der Waals surface area (Å²) >= 11 is 5.74. The lowest BCUT2D eigenvalue weighted by Gasteiger charge is -2.13. The van der Waals surface area contributed by atoms with Crippen LogP contribution >= 0.6 is 11.6 Å². The van der Waals surface area contributed by atoms with E-state index in [1.807, 2.05) is 32.0 Å². The van der Waals surface area contributed by atoms with Gasteiger partial charge < -0.3 is 9.47 Å². The smallest absolute Gasteiger partial charge is 0.344 e. The zero-order valence-corrected chi connectivity index (χ0v) is 16.3. The number of carbonyl (C=O) groups excluding carboxylic acids is 3. The van der Waals surface area contributed by atoms with Gasteiger partial charge in [-0.1, -0.05) is 43.6 Å². The normalized spacial score (nSPS) is 10.3. The van der Waals surface area contributed by atoms with Crippen LogP contribution in [0.4, 0.5) is 0 Å². The molecule has 8 heteroatoms. The first-order valence-electron chi connectivity index (χ1n) is 8.59. The SMILES string of the molecule is CC(C)c1ccccc1OCC(=O)OCC(=O)NNC(=O)c1ccc(Cl)cc1. The second kappa shape index (κ2) is 10.3. The average Bonchev–Trinajstić information content (AvgIpc) is 2.69. The van der Waals surface area contributed by atoms with E-state index < -0.39 is 24.4 Å². The fraction of sp³-hybridized carbons (Fsp3) is 0.250. The first-order chi connectivity index (χ1) is 13.4. The van der Waals surface area contributed by atoms with Gasteiger partial charge >= 0.3 is 5.97 Å². The van der Waals surface area contributed by atoms with Crippen LogP contribution in [-0.2, 0) is 14.3 Å². The lowest BCUT2D eigenvalue weighted by molar-refractivity contribution is -0.150. The van der Waals surface area contributed by atoms with E-state index >= 15 is 0 Å². The Labute approximate surface area is 167 Å². The average molecular weight is 405 g/mol. The third kappa shape index (κ3) is 6.59. The molecule has 0 aliphatic rings. The molecule has 2 N–H and O–H groups in total. The fourth-order valence-electron chi connectivity index (χ4n) is 2.25. The summed E-state index contributed by atoms with van der Waals surface area (Å²) in [5.74, 6) is -1.07. The van der Waals surface area contributed by atoms with Crippen LogP contribution < -0.4 is 15.6 Å². The Kier molecular flexibility index (Phi) is 7.83. The second-order valence-electron chi connectivity index (χ2n) is 6.15. The van der Waals surface area contributed by atoms with Crippen LogP contribution in [0.25, 0.3) is 0 Å². The summed E-state index contributed by atoms with van der Waals surface area (Å²) in [6.45, 7) is 3.16. The van der Waals surface area contributed by atoms with Gasteiger partial charge in [-0.3, -0.25) is 20.4 Å². The number of hydrogen-bond acceptors (Lipinski definition) is 5. The predicted octanol–water partition coefficient (Wildman–Crippen LogP) is 2.85. The number of ether oxygens (including phenoxy) is 2. The molecule has 0 heterocycles. The number of para-hydroxylation sites is 1. The number of nitrogens with one attached hydrogen (secondary N) is 2. The van der Waals surface area contributed by atoms with Crippen LogP contribution in [0.2, 0.25) is 5.02 Å². The van der Waals surface area contributed by atoms with Crippen molar-refractivity contribution in [3.8, 4) is 5.75 Å². The molecule has 0 aliphatic carbocycles. The molecule has 0 unspecified atom stereocenters. The molecule has 2 rings (SSSR count). The maximum atomic E-state index is 11.8. The zero-order valence-electron chi connectivity index (χ0n) is 15.5. The molecule has 28 heavy (non-hydrogen) atoms. The molecule has 0 spiro atoms. The van der Waals surface area contributed by atoms with Gasteiger partial charge in [0, 0.05) is 10.6 Å². The van der Waals surface area contributed by atoms with Crippen molar-refractivity contribution in [3.05, 3.63) is 64.7 Å². The Morgan fingerprint density at radius 3 is 2.32 bits per heavy atom. The van der Waals surface area contributed by atoms with Gasteiger partial charge in [-0.15, -0.1) is 0 Å². The van der Waals surface area contributed by atoms with E-state index in [1.165, 1.54) is 12.1 Å². The number of benzene rings is 2. The van der Waals surface area contributed by atoms with Crippen molar-refractivity contribution in [2.24, 2.45) is 0 Å². The van der Waals surface area contributed by atoms with Crippen molar-refractivity contribution < 1.29 is 23.9 Å². The lowest BCUT2D eigenvalue weighted by Crippen LogP contribution is -2.43. The summed E-state index contributed by atoms with van der Waals surface area (Å²) in [6, 6.07) is 13.5. The lowest BCUT2D eigenvalue weighted by atomic mass is 10.0. The van der Waals surface area contributed by atoms with Crippen LogP contribution in [0, 0.1) is 0 Å². The van der Waals surface area contributed by atoms with Crippen molar-refractivity contribution >= 4 is 29.4 Å². The number of carbonyl (C=O) groups is 3. The van der Waals surface area contributed by atoms with Gasteiger partial charge in [0.05, 0.1) is 0 Å². The van der Waals surface area contributed by atoms with Crippen LogP contribution in [0.15, 0.2) is 48.5 Å². The first-order valence-corrected chi connectivity index (χ1v) is 8.96. The summed E-state index contributed by atoms with van der Waals surface area (Å²) in [7, 11) is 0. The molecule has 0 atom stereocenters. The van der Waals surface area contributed by atoms with Gasteiger partial charge in [-0.2, -0.15) is 0 Å². The van der Waals surface area contributed by atoms with E-state index in [-0.39, 0.29) is 12.5 Å². The molecule has 0 aliphatic heterocycles. The van der Waals surface area contributed by atoms with Gasteiger partial charge in [0.1, 0.15) is 5.75 Å². The van der Waals surface area contributed by atoms with E-state index in [2.05, 4.69) is 10.9 Å². The summed E-state index contributed by atoms with van der Waals surface area (Å²) < 4.78 is 10.3. The van der Waals surface area contributed by atoms with Crippen molar-refractivity contribution in [3.63, 3.8) is 0 Å². The Morgan fingerprint density at radius 1 is 0.964 bits per heavy atom. The van der Waals surface area contributed by atoms with Gasteiger partial charge in [-0.25, -0.2) is 4.79 Å². The number of halogens is 1. The largest absolute Gasteiger partial charge is 0.482 e. The van der Waals surface area contributed by atoms with Crippen molar-refractivity contribution in [1.82, 2.24) is 10.9 Å². The highest BCUT2D eigenvalue weighted by Gasteiger charge is 2.12. The summed E-state index contributed by atoms with van der Waals surface area (Å²) in [5, 5.41) is 0.491. The molecule has 0 saturated heterocycles. The molecule has 0 saturated carbocycles. The van der Waals surface area contributed by atoms with Crippen molar-refractivity contribution in [1.29, 1.82) is 0 Å². The Balaban J connectivity index is 1.71. The van der Waals surface area contributed by atoms with Crippen LogP contribution in [0.5, 0.6) is 5.75 Å². The molecule has 2 aromatic rings. The highest BCUT2D eigenvalue weighted by atomic mass is 35.5. The first kappa shape index (κ1) is 21.2. The van der Waals surface area contributed by atoms with E-state index in [0.717, 1.165) is 5.56 Å². The third-order valence-corrected chi connectivity index (χ3v) is 3.92. The molecule has 0 aromatic heterocycles. The number of amides is 2. The van der Waals surface area contributed by atoms with E-state index in [4.69, 9.17) is 21.1 Å². The van der Waals surface area contributed by atoms with E-state index in [0.29, 0.717) is 16.3 Å². The minimum atomic E-state index is -0.697. The number of rotatable bonds is 7. The van der Waals surface area contributed by atoms with E-state index in [1.54, 1.807) is 18.2 Å². The Bertz CT molecular complexity index is 837. The molecule has 0 bridgehead atoms. The van der Waals surface area contributed by atoms with Gasteiger partial charge in [-0.05, 0) is 41.8 Å². The van der Waals surface area contributed by atoms with Crippen LogP contribution in [0.3, 0.4) is 0 Å². The molecule has 7 nitrogen and oxygen atoms in total. The van der Waals surface area contributed by atoms with Crippen molar-refractivity contribution in [2.45, 2.75) is 19.8 Å². The molecule has 0 fully saturated rings. The maximum Gasteiger partial charge on any atom is 0.344 e. The second-order valence-corrected chi connectivity index (χ2v) is 6.59. The summed E-state index contributed by atoms with van der Waals surface area (Å²) in [5.41, 5.74) is 5.66. The quantitative estimate of drug-likeness (QED) is 0.546. The standard InChI is InChI=1S/C20H21ClN2O5/c1-13(2)16-5-3-4-6-17(16)27-12-19(25)28-11-18(24)22-23-20(26)14-7-9-15(21)10-8-14/h3-10,13H,11-12H2,1-2H3,(H,22,24)(H,23,26). The summed E-state index contributed by atoms with van der Waals surface area (Å²) in [4.78, 5) is 35.3. The Morgan fingerprint density at radius 2 is 1.64 bits per heavy atom. The minimum Gasteiger partial charge on any atom is -0.482 e. The van der Waals surface area contributed by atoms with Crippen LogP contribution in [0.1, 0.15) is 35.7 Å². The monoisotopic (exact) mass is 404 g/mol. The summed E-state index contributed by atoms with van der Waals surface area (Å²) in [6.07, 6.45) is 0. The molecular weight excluding hydrogens is 384 g/mol. The molecule has 0 radical (unpaired) electrons. The predicted molar refractivity (Wildman–Crippen MR) is 104 cm³/mol. The third-order valence-electron chi connectivity index (χ3n) is 3.67. The maximum absolute atomic E-state index is 11.8. The molecule has 2 aromatic carbocycles. The zero-order chi connectivity index (χ0) is 20.5. The molecule has 2 amide bonds. The van der Waals surface area contributed by atoms with Crippen molar-refractivity contribution in [2.75, 3.05) is 13.2 Å². The molecular formula is C20H21ClN2O5. The number of hydrazine groups is 1. The Hall–Kier alpha value is -3.06. The highest BCUT2D eigenvalue weighted by Crippen LogP contribution is 2.25. The number of hydrogen-bond donors (Lipinski definition) is 2. The topological polar surface area (TPSA) is 93.7 Å². The van der Waals surface area contributed by atoms with Crippen LogP contribution in [-0.4, -0.2) is 31.0 Å².